The van der Waals surface area contributed by atoms with Gasteiger partial charge in [-0.05, 0) is 30.7 Å². The number of nitrogens with zero attached hydrogens (tertiary/aromatic N) is 3. The van der Waals surface area contributed by atoms with Crippen LogP contribution in [0.4, 0.5) is 0 Å². The van der Waals surface area contributed by atoms with E-state index in [1.807, 2.05) is 11.7 Å². The van der Waals surface area contributed by atoms with Gasteiger partial charge in [-0.2, -0.15) is 5.10 Å². The summed E-state index contributed by atoms with van der Waals surface area (Å²) in [4.78, 5) is 2.67. The highest BCUT2D eigenvalue weighted by atomic mass is 15.3. The Morgan fingerprint density at radius 1 is 1.17 bits per heavy atom. The molecule has 0 bridgehead atoms. The molecule has 1 aromatic carbocycles. The van der Waals surface area contributed by atoms with E-state index in [0.29, 0.717) is 11.3 Å². The standard InChI is InChI=1S/C20H27N3/c1-16-18(12-22(2)21-16)13-23-14-19(17-8-4-3-5-9-17)20(15-23)10-6-7-11-20/h3-5,8-9,12,19H,6-7,10-11,13-15H2,1-2H3/t19-/m1/s1. The van der Waals surface area contributed by atoms with Crippen LogP contribution in [0.5, 0.6) is 0 Å². The maximum atomic E-state index is 4.51. The van der Waals surface area contributed by atoms with Gasteiger partial charge in [-0.3, -0.25) is 9.58 Å². The van der Waals surface area contributed by atoms with Crippen LogP contribution >= 0.6 is 0 Å². The Labute approximate surface area is 139 Å². The Morgan fingerprint density at radius 2 is 1.91 bits per heavy atom. The summed E-state index contributed by atoms with van der Waals surface area (Å²) in [6.07, 6.45) is 7.79. The Morgan fingerprint density at radius 3 is 2.57 bits per heavy atom. The molecule has 2 heterocycles. The molecule has 2 aromatic rings. The minimum atomic E-state index is 0.511. The number of aryl methyl sites for hydroxylation is 2. The molecule has 0 unspecified atom stereocenters. The van der Waals surface area contributed by atoms with Crippen LogP contribution in [-0.2, 0) is 13.6 Å². The quantitative estimate of drug-likeness (QED) is 0.857. The van der Waals surface area contributed by atoms with E-state index in [0.717, 1.165) is 6.54 Å². The predicted octanol–water partition coefficient (Wildman–Crippen LogP) is 3.89. The Balaban J connectivity index is 1.59. The molecular formula is C20H27N3. The summed E-state index contributed by atoms with van der Waals surface area (Å²) in [6, 6.07) is 11.2. The molecule has 1 aliphatic carbocycles. The average Bonchev–Trinajstić information content (AvgIpc) is 3.23. The number of likely N-dealkylation sites (tertiary alicyclic amines) is 1. The molecule has 1 aliphatic heterocycles. The number of hydrogen-bond donors (Lipinski definition) is 0. The zero-order valence-electron chi connectivity index (χ0n) is 14.3. The van der Waals surface area contributed by atoms with Crippen molar-refractivity contribution >= 4 is 0 Å². The van der Waals surface area contributed by atoms with Crippen molar-refractivity contribution < 1.29 is 0 Å². The maximum Gasteiger partial charge on any atom is 0.0638 e. The van der Waals surface area contributed by atoms with Crippen LogP contribution in [0, 0.1) is 12.3 Å². The topological polar surface area (TPSA) is 21.1 Å². The van der Waals surface area contributed by atoms with Gasteiger partial charge in [0.15, 0.2) is 0 Å². The van der Waals surface area contributed by atoms with Gasteiger partial charge in [0.05, 0.1) is 5.69 Å². The second kappa shape index (κ2) is 5.79. The predicted molar refractivity (Wildman–Crippen MR) is 93.3 cm³/mol. The molecule has 0 N–H and O–H groups in total. The van der Waals surface area contributed by atoms with Gasteiger partial charge in [0.25, 0.3) is 0 Å². The minimum absolute atomic E-state index is 0.511. The van der Waals surface area contributed by atoms with E-state index in [4.69, 9.17) is 0 Å². The second-order valence-electron chi connectivity index (χ2n) is 7.62. The molecule has 1 spiro atoms. The smallest absolute Gasteiger partial charge is 0.0638 e. The van der Waals surface area contributed by atoms with Crippen molar-refractivity contribution in [3.63, 3.8) is 0 Å². The van der Waals surface area contributed by atoms with Crippen molar-refractivity contribution in [3.05, 3.63) is 53.3 Å². The fraction of sp³-hybridized carbons (Fsp3) is 0.550. The molecule has 1 saturated carbocycles. The molecule has 3 heteroatoms. The molecule has 2 fully saturated rings. The highest BCUT2D eigenvalue weighted by Crippen LogP contribution is 2.53. The van der Waals surface area contributed by atoms with Crippen LogP contribution in [0.3, 0.4) is 0 Å². The lowest BCUT2D eigenvalue weighted by molar-refractivity contribution is 0.247. The molecule has 3 nitrogen and oxygen atoms in total. The number of hydrogen-bond acceptors (Lipinski definition) is 2. The molecule has 1 aromatic heterocycles. The van der Waals surface area contributed by atoms with Crippen LogP contribution in [0.15, 0.2) is 36.5 Å². The van der Waals surface area contributed by atoms with Crippen LogP contribution in [0.25, 0.3) is 0 Å². The number of rotatable bonds is 3. The van der Waals surface area contributed by atoms with Crippen molar-refractivity contribution in [1.29, 1.82) is 0 Å². The monoisotopic (exact) mass is 309 g/mol. The molecule has 4 rings (SSSR count). The molecule has 23 heavy (non-hydrogen) atoms. The summed E-state index contributed by atoms with van der Waals surface area (Å²) in [6.45, 7) is 5.62. The second-order valence-corrected chi connectivity index (χ2v) is 7.62. The summed E-state index contributed by atoms with van der Waals surface area (Å²) in [5.74, 6) is 0.697. The summed E-state index contributed by atoms with van der Waals surface area (Å²) in [5.41, 5.74) is 4.61. The van der Waals surface area contributed by atoms with E-state index < -0.39 is 0 Å². The third-order valence-electron chi connectivity index (χ3n) is 6.03. The summed E-state index contributed by atoms with van der Waals surface area (Å²) in [7, 11) is 2.02. The van der Waals surface area contributed by atoms with Gasteiger partial charge in [0, 0.05) is 44.4 Å². The molecule has 122 valence electrons. The van der Waals surface area contributed by atoms with E-state index in [1.165, 1.54) is 50.0 Å². The van der Waals surface area contributed by atoms with Crippen molar-refractivity contribution in [2.75, 3.05) is 13.1 Å². The van der Waals surface area contributed by atoms with E-state index >= 15 is 0 Å². The van der Waals surface area contributed by atoms with Gasteiger partial charge in [-0.1, -0.05) is 43.2 Å². The van der Waals surface area contributed by atoms with Gasteiger partial charge in [0.1, 0.15) is 0 Å². The highest BCUT2D eigenvalue weighted by molar-refractivity contribution is 5.26. The van der Waals surface area contributed by atoms with Crippen molar-refractivity contribution in [2.45, 2.75) is 45.1 Å². The fourth-order valence-corrected chi connectivity index (χ4v) is 4.97. The zero-order valence-corrected chi connectivity index (χ0v) is 14.3. The molecule has 0 amide bonds. The van der Waals surface area contributed by atoms with Gasteiger partial charge in [-0.25, -0.2) is 0 Å². The Bertz CT molecular complexity index is 667. The zero-order chi connectivity index (χ0) is 15.9. The summed E-state index contributed by atoms with van der Waals surface area (Å²) in [5, 5.41) is 4.51. The fourth-order valence-electron chi connectivity index (χ4n) is 4.97. The van der Waals surface area contributed by atoms with Gasteiger partial charge in [0.2, 0.25) is 0 Å². The molecule has 1 saturated heterocycles. The van der Waals surface area contributed by atoms with Crippen LogP contribution in [0.1, 0.15) is 48.4 Å². The van der Waals surface area contributed by atoms with E-state index in [-0.39, 0.29) is 0 Å². The largest absolute Gasteiger partial charge is 0.298 e. The average molecular weight is 309 g/mol. The summed E-state index contributed by atoms with van der Waals surface area (Å²) >= 11 is 0. The van der Waals surface area contributed by atoms with Crippen LogP contribution in [-0.4, -0.2) is 27.8 Å². The van der Waals surface area contributed by atoms with Crippen molar-refractivity contribution in [1.82, 2.24) is 14.7 Å². The van der Waals surface area contributed by atoms with Gasteiger partial charge < -0.3 is 0 Å². The molecular weight excluding hydrogens is 282 g/mol. The van der Waals surface area contributed by atoms with E-state index in [9.17, 15) is 0 Å². The minimum Gasteiger partial charge on any atom is -0.298 e. The Hall–Kier alpha value is -1.61. The third-order valence-corrected chi connectivity index (χ3v) is 6.03. The first-order chi connectivity index (χ1) is 11.2. The van der Waals surface area contributed by atoms with Crippen molar-refractivity contribution in [2.24, 2.45) is 12.5 Å². The first-order valence-corrected chi connectivity index (χ1v) is 8.93. The van der Waals surface area contributed by atoms with E-state index in [1.54, 1.807) is 5.56 Å². The molecule has 1 atom stereocenters. The SMILES string of the molecule is Cc1nn(C)cc1CN1C[C@H](c2ccccc2)C2(CCCC2)C1. The lowest BCUT2D eigenvalue weighted by atomic mass is 9.73. The normalized spacial score (nSPS) is 23.8. The Kier molecular flexibility index (Phi) is 3.76. The van der Waals surface area contributed by atoms with Gasteiger partial charge in [-0.15, -0.1) is 0 Å². The summed E-state index contributed by atoms with van der Waals surface area (Å²) < 4.78 is 1.95. The lowest BCUT2D eigenvalue weighted by Crippen LogP contribution is -2.26. The van der Waals surface area contributed by atoms with Crippen molar-refractivity contribution in [3.8, 4) is 0 Å². The highest BCUT2D eigenvalue weighted by Gasteiger charge is 2.48. The first-order valence-electron chi connectivity index (χ1n) is 8.93. The molecule has 2 aliphatic rings. The number of aromatic nitrogens is 2. The van der Waals surface area contributed by atoms with Gasteiger partial charge >= 0.3 is 0 Å². The number of benzene rings is 1. The third kappa shape index (κ3) is 2.72. The first kappa shape index (κ1) is 14.9. The molecule has 0 radical (unpaired) electrons. The maximum absolute atomic E-state index is 4.51. The van der Waals surface area contributed by atoms with Crippen LogP contribution < -0.4 is 0 Å². The van der Waals surface area contributed by atoms with E-state index in [2.05, 4.69) is 53.5 Å². The van der Waals surface area contributed by atoms with Crippen LogP contribution in [0.2, 0.25) is 0 Å². The lowest BCUT2D eigenvalue weighted by Gasteiger charge is -2.30.